The van der Waals surface area contributed by atoms with Gasteiger partial charge >= 0.3 is 6.09 Å². The van der Waals surface area contributed by atoms with Crippen LogP contribution in [0.3, 0.4) is 0 Å². The fourth-order valence-corrected chi connectivity index (χ4v) is 8.17. The predicted molar refractivity (Wildman–Crippen MR) is 170 cm³/mol. The Kier molecular flexibility index (Phi) is 14.5. The van der Waals surface area contributed by atoms with E-state index in [1.165, 1.54) is 19.2 Å². The maximum atomic E-state index is 13.3. The van der Waals surface area contributed by atoms with E-state index < -0.39 is 28.3 Å². The molecule has 13 heteroatoms. The number of halogens is 2. The third kappa shape index (κ3) is 12.1. The molecule has 1 saturated carbocycles. The molecule has 0 aromatic heterocycles. The second kappa shape index (κ2) is 17.5. The lowest BCUT2D eigenvalue weighted by atomic mass is 9.94. The van der Waals surface area contributed by atoms with E-state index in [-0.39, 0.29) is 47.5 Å². The van der Waals surface area contributed by atoms with Gasteiger partial charge in [0.25, 0.3) is 0 Å². The number of amides is 2. The van der Waals surface area contributed by atoms with E-state index >= 15 is 0 Å². The molecule has 2 saturated heterocycles. The zero-order chi connectivity index (χ0) is 33.0. The van der Waals surface area contributed by atoms with E-state index in [0.717, 1.165) is 32.1 Å². The van der Waals surface area contributed by atoms with Crippen molar-refractivity contribution in [3.63, 3.8) is 0 Å². The summed E-state index contributed by atoms with van der Waals surface area (Å²) in [6.45, 7) is 8.09. The zero-order valence-corrected chi connectivity index (χ0v) is 28.0. The first-order valence-electron chi connectivity index (χ1n) is 16.2. The summed E-state index contributed by atoms with van der Waals surface area (Å²) in [6, 6.07) is 4.82. The van der Waals surface area contributed by atoms with Crippen LogP contribution in [0.25, 0.3) is 0 Å². The summed E-state index contributed by atoms with van der Waals surface area (Å²) in [5.41, 5.74) is 0.492. The minimum absolute atomic E-state index is 0.0510. The molecule has 2 heterocycles. The van der Waals surface area contributed by atoms with Gasteiger partial charge in [-0.15, -0.1) is 0 Å². The molecular formula is C32H52F2N4O6S. The van der Waals surface area contributed by atoms with Crippen LogP contribution in [0.4, 0.5) is 13.6 Å². The number of carbonyl (C=O) groups is 2. The molecule has 3 fully saturated rings. The first kappa shape index (κ1) is 37.1. The van der Waals surface area contributed by atoms with Gasteiger partial charge in [-0.25, -0.2) is 22.0 Å². The molecule has 0 spiro atoms. The average molecular weight is 659 g/mol. The normalized spacial score (nSPS) is 25.8. The highest BCUT2D eigenvalue weighted by atomic mass is 32.2. The Bertz CT molecular complexity index is 1190. The SMILES string of the molecule is CC1(C)CC(F)CCO1.CCCS(=O)(=O)N1CCNC[C@@H]1CC[C@H]1CCC[C@@H]1NC(=O)[C@H](Cc1ccc(F)cc1)NC(=O)OC. The van der Waals surface area contributed by atoms with E-state index in [2.05, 4.69) is 20.7 Å². The molecule has 1 aliphatic carbocycles. The van der Waals surface area contributed by atoms with Gasteiger partial charge in [0, 0.05) is 51.0 Å². The molecule has 3 N–H and O–H groups in total. The number of alkyl halides is 1. The van der Waals surface area contributed by atoms with Gasteiger partial charge in [0.1, 0.15) is 18.0 Å². The number of sulfonamides is 1. The summed E-state index contributed by atoms with van der Waals surface area (Å²) in [4.78, 5) is 25.1. The fraction of sp³-hybridized carbons (Fsp3) is 0.750. The smallest absolute Gasteiger partial charge is 0.407 e. The van der Waals surface area contributed by atoms with Crippen LogP contribution in [0, 0.1) is 11.7 Å². The summed E-state index contributed by atoms with van der Waals surface area (Å²) in [7, 11) is -2.04. The van der Waals surface area contributed by atoms with Gasteiger partial charge in [-0.05, 0) is 69.6 Å². The minimum Gasteiger partial charge on any atom is -0.453 e. The number of hydrogen-bond donors (Lipinski definition) is 3. The number of piperazine rings is 1. The van der Waals surface area contributed by atoms with Gasteiger partial charge in [-0.2, -0.15) is 4.31 Å². The van der Waals surface area contributed by atoms with Crippen LogP contribution in [0.15, 0.2) is 24.3 Å². The Morgan fingerprint density at radius 2 is 1.91 bits per heavy atom. The lowest BCUT2D eigenvalue weighted by molar-refractivity contribution is -0.124. The summed E-state index contributed by atoms with van der Waals surface area (Å²) in [6.07, 6.45) is 4.87. The zero-order valence-electron chi connectivity index (χ0n) is 27.2. The van der Waals surface area contributed by atoms with Crippen molar-refractivity contribution in [2.24, 2.45) is 5.92 Å². The third-order valence-electron chi connectivity index (χ3n) is 8.76. The second-order valence-electron chi connectivity index (χ2n) is 12.9. The van der Waals surface area contributed by atoms with Crippen molar-refractivity contribution < 1.29 is 36.3 Å². The molecule has 5 atom stereocenters. The lowest BCUT2D eigenvalue weighted by Crippen LogP contribution is -2.54. The fourth-order valence-electron chi connectivity index (χ4n) is 6.42. The first-order valence-corrected chi connectivity index (χ1v) is 17.8. The third-order valence-corrected chi connectivity index (χ3v) is 10.9. The monoisotopic (exact) mass is 658 g/mol. The van der Waals surface area contributed by atoms with Crippen LogP contribution in [-0.4, -0.2) is 93.7 Å². The van der Waals surface area contributed by atoms with Crippen LogP contribution in [0.5, 0.6) is 0 Å². The highest BCUT2D eigenvalue weighted by Crippen LogP contribution is 2.31. The summed E-state index contributed by atoms with van der Waals surface area (Å²) in [5, 5.41) is 9.01. The molecule has 1 unspecified atom stereocenters. The molecule has 1 aromatic rings. The highest BCUT2D eigenvalue weighted by molar-refractivity contribution is 7.89. The van der Waals surface area contributed by atoms with Crippen LogP contribution in [-0.2, 0) is 30.7 Å². The van der Waals surface area contributed by atoms with Gasteiger partial charge in [-0.1, -0.05) is 25.5 Å². The molecule has 3 aliphatic rings. The second-order valence-corrected chi connectivity index (χ2v) is 14.9. The van der Waals surface area contributed by atoms with Crippen molar-refractivity contribution in [3.05, 3.63) is 35.6 Å². The highest BCUT2D eigenvalue weighted by Gasteiger charge is 2.35. The molecule has 0 bridgehead atoms. The van der Waals surface area contributed by atoms with E-state index in [9.17, 15) is 26.8 Å². The molecule has 0 radical (unpaired) electrons. The molecule has 4 rings (SSSR count). The Balaban J connectivity index is 0.000000525. The molecule has 10 nitrogen and oxygen atoms in total. The van der Waals surface area contributed by atoms with Gasteiger partial charge in [0.2, 0.25) is 15.9 Å². The van der Waals surface area contributed by atoms with Crippen LogP contribution in [0.2, 0.25) is 0 Å². The van der Waals surface area contributed by atoms with E-state index in [4.69, 9.17) is 4.74 Å². The van der Waals surface area contributed by atoms with Gasteiger partial charge in [0.05, 0.1) is 25.1 Å². The lowest BCUT2D eigenvalue weighted by Gasteiger charge is -2.36. The summed E-state index contributed by atoms with van der Waals surface area (Å²) in [5.74, 6) is -0.290. The largest absolute Gasteiger partial charge is 0.453 e. The Morgan fingerprint density at radius 3 is 2.53 bits per heavy atom. The average Bonchev–Trinajstić information content (AvgIpc) is 3.43. The van der Waals surface area contributed by atoms with Gasteiger partial charge in [-0.3, -0.25) is 4.79 Å². The number of methoxy groups -OCH3 is 1. The topological polar surface area (TPSA) is 126 Å². The van der Waals surface area contributed by atoms with Gasteiger partial charge < -0.3 is 25.4 Å². The van der Waals surface area contributed by atoms with Crippen molar-refractivity contribution in [2.45, 2.75) is 108 Å². The number of nitrogens with zero attached hydrogens (tertiary/aromatic N) is 1. The van der Waals surface area contributed by atoms with Crippen molar-refractivity contribution in [3.8, 4) is 0 Å². The van der Waals surface area contributed by atoms with Crippen LogP contribution in [0.1, 0.15) is 77.7 Å². The molecule has 2 amide bonds. The quantitative estimate of drug-likeness (QED) is 0.327. The Morgan fingerprint density at radius 1 is 1.18 bits per heavy atom. The van der Waals surface area contributed by atoms with E-state index in [1.54, 1.807) is 16.4 Å². The number of rotatable bonds is 11. The Labute approximate surface area is 267 Å². The van der Waals surface area contributed by atoms with E-state index in [1.807, 2.05) is 20.8 Å². The number of nitrogens with one attached hydrogen (secondary N) is 3. The van der Waals surface area contributed by atoms with Crippen molar-refractivity contribution >= 4 is 22.0 Å². The van der Waals surface area contributed by atoms with Crippen LogP contribution >= 0.6 is 0 Å². The molecule has 45 heavy (non-hydrogen) atoms. The number of carbonyl (C=O) groups excluding carboxylic acids is 2. The standard InChI is InChI=1S/C25H39FN4O5S.C7H13FO/c1-3-15-36(33,34)30-14-13-27-17-21(30)12-9-19-5-4-6-22(19)28-24(31)23(29-25(32)35-2)16-18-7-10-20(26)11-8-18;1-7(2)5-6(8)3-4-9-7/h7-8,10-11,19,21-23,27H,3-6,9,12-17H2,1-2H3,(H,28,31)(H,29,32);6H,3-5H2,1-2H3/t19-,21+,22+,23+;/m1./s1. The Hall–Kier alpha value is -2.35. The van der Waals surface area contributed by atoms with Crippen molar-refractivity contribution in [1.82, 2.24) is 20.3 Å². The van der Waals surface area contributed by atoms with Crippen LogP contribution < -0.4 is 16.0 Å². The van der Waals surface area contributed by atoms with Crippen molar-refractivity contribution in [1.29, 1.82) is 0 Å². The summed E-state index contributed by atoms with van der Waals surface area (Å²) < 4.78 is 63.0. The number of hydrogen-bond acceptors (Lipinski definition) is 7. The molecular weight excluding hydrogens is 606 g/mol. The molecule has 2 aliphatic heterocycles. The molecule has 1 aromatic carbocycles. The number of alkyl carbamates (subject to hydrolysis) is 1. The van der Waals surface area contributed by atoms with Crippen molar-refractivity contribution in [2.75, 3.05) is 39.1 Å². The minimum atomic E-state index is -3.27. The maximum Gasteiger partial charge on any atom is 0.407 e. The van der Waals surface area contributed by atoms with E-state index in [0.29, 0.717) is 51.1 Å². The predicted octanol–water partition coefficient (Wildman–Crippen LogP) is 4.09. The molecule has 256 valence electrons. The number of benzene rings is 1. The number of ether oxygens (including phenoxy) is 2. The first-order chi connectivity index (χ1) is 21.3. The maximum absolute atomic E-state index is 13.3. The van der Waals surface area contributed by atoms with Gasteiger partial charge in [0.15, 0.2) is 0 Å². The summed E-state index contributed by atoms with van der Waals surface area (Å²) >= 11 is 0.